The smallest absolute Gasteiger partial charge is 0.338 e. The van der Waals surface area contributed by atoms with E-state index in [9.17, 15) is 9.59 Å². The molecule has 0 fully saturated rings. The van der Waals surface area contributed by atoms with Crippen molar-refractivity contribution in [2.75, 3.05) is 11.9 Å². The third-order valence-electron chi connectivity index (χ3n) is 4.45. The molecule has 154 valence electrons. The van der Waals surface area contributed by atoms with E-state index in [2.05, 4.69) is 5.32 Å². The minimum atomic E-state index is -0.389. The predicted molar refractivity (Wildman–Crippen MR) is 117 cm³/mol. The fraction of sp³-hybridized carbons (Fsp3) is 0.200. The fourth-order valence-corrected chi connectivity index (χ4v) is 2.76. The van der Waals surface area contributed by atoms with Crippen molar-refractivity contribution in [3.05, 3.63) is 95.6 Å². The number of unbranched alkanes of at least 4 members (excludes halogenated alkanes) is 1. The highest BCUT2D eigenvalue weighted by Gasteiger charge is 2.10. The second kappa shape index (κ2) is 10.8. The number of nitrogens with one attached hydrogen (secondary N) is 1. The van der Waals surface area contributed by atoms with Crippen molar-refractivity contribution in [3.8, 4) is 5.75 Å². The first-order chi connectivity index (χ1) is 14.7. The van der Waals surface area contributed by atoms with Gasteiger partial charge in [-0.05, 0) is 54.4 Å². The molecule has 1 amide bonds. The van der Waals surface area contributed by atoms with Crippen LogP contribution in [0.25, 0.3) is 0 Å². The van der Waals surface area contributed by atoms with E-state index in [1.807, 2.05) is 37.3 Å². The van der Waals surface area contributed by atoms with Crippen LogP contribution in [0.5, 0.6) is 5.75 Å². The van der Waals surface area contributed by atoms with Gasteiger partial charge in [0.1, 0.15) is 12.4 Å². The van der Waals surface area contributed by atoms with Gasteiger partial charge in [0.25, 0.3) is 5.91 Å². The van der Waals surface area contributed by atoms with Crippen LogP contribution in [0.2, 0.25) is 0 Å². The molecular formula is C25H25NO4. The highest BCUT2D eigenvalue weighted by molar-refractivity contribution is 6.04. The van der Waals surface area contributed by atoms with Crippen molar-refractivity contribution in [1.29, 1.82) is 0 Å². The monoisotopic (exact) mass is 403 g/mol. The molecule has 5 heteroatoms. The van der Waals surface area contributed by atoms with E-state index in [-0.39, 0.29) is 11.9 Å². The van der Waals surface area contributed by atoms with Gasteiger partial charge in [0.2, 0.25) is 0 Å². The van der Waals surface area contributed by atoms with Crippen LogP contribution < -0.4 is 10.1 Å². The molecule has 3 aromatic carbocycles. The number of amides is 1. The molecule has 30 heavy (non-hydrogen) atoms. The van der Waals surface area contributed by atoms with Crippen molar-refractivity contribution in [2.45, 2.75) is 26.4 Å². The molecule has 0 atom stereocenters. The van der Waals surface area contributed by atoms with E-state index in [1.54, 1.807) is 48.5 Å². The summed E-state index contributed by atoms with van der Waals surface area (Å²) in [4.78, 5) is 24.6. The van der Waals surface area contributed by atoms with Crippen LogP contribution in [0, 0.1) is 0 Å². The second-order valence-electron chi connectivity index (χ2n) is 6.82. The maximum absolute atomic E-state index is 12.5. The van der Waals surface area contributed by atoms with Crippen molar-refractivity contribution >= 4 is 17.6 Å². The Morgan fingerprint density at radius 2 is 1.63 bits per heavy atom. The van der Waals surface area contributed by atoms with Gasteiger partial charge in [0.05, 0.1) is 12.2 Å². The Bertz CT molecular complexity index is 968. The average molecular weight is 403 g/mol. The highest BCUT2D eigenvalue weighted by atomic mass is 16.5. The third-order valence-corrected chi connectivity index (χ3v) is 4.45. The molecule has 0 bridgehead atoms. The minimum absolute atomic E-state index is 0.263. The van der Waals surface area contributed by atoms with Crippen LogP contribution in [0.1, 0.15) is 46.0 Å². The van der Waals surface area contributed by atoms with Crippen molar-refractivity contribution in [3.63, 3.8) is 0 Å². The van der Waals surface area contributed by atoms with E-state index in [4.69, 9.17) is 9.47 Å². The summed E-state index contributed by atoms with van der Waals surface area (Å²) in [5.74, 6) is 0.0350. The molecule has 3 rings (SSSR count). The summed E-state index contributed by atoms with van der Waals surface area (Å²) < 4.78 is 11.0. The van der Waals surface area contributed by atoms with Gasteiger partial charge >= 0.3 is 5.97 Å². The SMILES string of the molecule is CCCCOC(=O)c1cccc(NC(=O)c2ccc(OCc3ccccc3)cc2)c1. The summed E-state index contributed by atoms with van der Waals surface area (Å²) in [5, 5.41) is 2.81. The van der Waals surface area contributed by atoms with E-state index in [1.165, 1.54) is 0 Å². The topological polar surface area (TPSA) is 64.6 Å². The van der Waals surface area contributed by atoms with E-state index in [0.717, 1.165) is 18.4 Å². The zero-order valence-corrected chi connectivity index (χ0v) is 17.0. The lowest BCUT2D eigenvalue weighted by Gasteiger charge is -2.09. The van der Waals surface area contributed by atoms with Crippen LogP contribution in [0.15, 0.2) is 78.9 Å². The Labute approximate surface area is 176 Å². The maximum Gasteiger partial charge on any atom is 0.338 e. The minimum Gasteiger partial charge on any atom is -0.489 e. The Morgan fingerprint density at radius 3 is 2.37 bits per heavy atom. The molecule has 0 spiro atoms. The van der Waals surface area contributed by atoms with E-state index >= 15 is 0 Å². The number of ether oxygens (including phenoxy) is 2. The molecule has 5 nitrogen and oxygen atoms in total. The summed E-state index contributed by atoms with van der Waals surface area (Å²) in [7, 11) is 0. The quantitative estimate of drug-likeness (QED) is 0.380. The van der Waals surface area contributed by atoms with E-state index in [0.29, 0.717) is 35.8 Å². The first kappa shape index (κ1) is 21.1. The third kappa shape index (κ3) is 6.21. The van der Waals surface area contributed by atoms with Gasteiger partial charge in [-0.15, -0.1) is 0 Å². The molecule has 0 saturated heterocycles. The standard InChI is InChI=1S/C25H25NO4/c1-2-3-16-29-25(28)21-10-7-11-22(17-21)26-24(27)20-12-14-23(15-13-20)30-18-19-8-5-4-6-9-19/h4-15,17H,2-3,16,18H2,1H3,(H,26,27). The van der Waals surface area contributed by atoms with Gasteiger partial charge in [-0.25, -0.2) is 4.79 Å². The van der Waals surface area contributed by atoms with Crippen LogP contribution in [0.3, 0.4) is 0 Å². The fourth-order valence-electron chi connectivity index (χ4n) is 2.76. The molecule has 0 saturated carbocycles. The molecule has 0 aliphatic carbocycles. The molecule has 0 heterocycles. The lowest BCUT2D eigenvalue weighted by atomic mass is 10.1. The van der Waals surface area contributed by atoms with Gasteiger partial charge in [-0.1, -0.05) is 49.7 Å². The number of hydrogen-bond donors (Lipinski definition) is 1. The lowest BCUT2D eigenvalue weighted by molar-refractivity contribution is 0.0499. The van der Waals surface area contributed by atoms with Crippen molar-refractivity contribution in [2.24, 2.45) is 0 Å². The number of hydrogen-bond acceptors (Lipinski definition) is 4. The summed E-state index contributed by atoms with van der Waals surface area (Å²) in [6.07, 6.45) is 1.78. The molecule has 0 aromatic heterocycles. The molecule has 0 unspecified atom stereocenters. The van der Waals surface area contributed by atoms with Crippen molar-refractivity contribution in [1.82, 2.24) is 0 Å². The van der Waals surface area contributed by atoms with Crippen molar-refractivity contribution < 1.29 is 19.1 Å². The summed E-state index contributed by atoms with van der Waals surface area (Å²) in [6, 6.07) is 23.6. The van der Waals surface area contributed by atoms with E-state index < -0.39 is 0 Å². The normalized spacial score (nSPS) is 10.3. The molecule has 0 aliphatic heterocycles. The zero-order valence-electron chi connectivity index (χ0n) is 17.0. The molecular weight excluding hydrogens is 378 g/mol. The molecule has 0 aliphatic rings. The van der Waals surface area contributed by atoms with Gasteiger partial charge in [-0.3, -0.25) is 4.79 Å². The van der Waals surface area contributed by atoms with Gasteiger partial charge in [0, 0.05) is 11.3 Å². The summed E-state index contributed by atoms with van der Waals surface area (Å²) >= 11 is 0. The number of rotatable bonds is 9. The predicted octanol–water partition coefficient (Wildman–Crippen LogP) is 5.47. The average Bonchev–Trinajstić information content (AvgIpc) is 2.79. The first-order valence-electron chi connectivity index (χ1n) is 10.0. The summed E-state index contributed by atoms with van der Waals surface area (Å²) in [5.41, 5.74) is 2.52. The zero-order chi connectivity index (χ0) is 21.2. The number of carbonyl (C=O) groups excluding carboxylic acids is 2. The van der Waals surface area contributed by atoms with Gasteiger partial charge in [0.15, 0.2) is 0 Å². The van der Waals surface area contributed by atoms with Gasteiger partial charge < -0.3 is 14.8 Å². The number of benzene rings is 3. The number of esters is 1. The van der Waals surface area contributed by atoms with Crippen LogP contribution in [-0.2, 0) is 11.3 Å². The Hall–Kier alpha value is -3.60. The van der Waals surface area contributed by atoms with Gasteiger partial charge in [-0.2, -0.15) is 0 Å². The van der Waals surface area contributed by atoms with Crippen LogP contribution >= 0.6 is 0 Å². The largest absolute Gasteiger partial charge is 0.489 e. The maximum atomic E-state index is 12.5. The molecule has 0 radical (unpaired) electrons. The lowest BCUT2D eigenvalue weighted by Crippen LogP contribution is -2.13. The highest BCUT2D eigenvalue weighted by Crippen LogP contribution is 2.17. The molecule has 1 N–H and O–H groups in total. The van der Waals surface area contributed by atoms with Crippen LogP contribution in [-0.4, -0.2) is 18.5 Å². The van der Waals surface area contributed by atoms with Crippen LogP contribution in [0.4, 0.5) is 5.69 Å². The number of carbonyl (C=O) groups is 2. The Balaban J connectivity index is 1.56. The second-order valence-corrected chi connectivity index (χ2v) is 6.82. The summed E-state index contributed by atoms with van der Waals surface area (Å²) in [6.45, 7) is 2.89. The number of anilines is 1. The Kier molecular flexibility index (Phi) is 7.61. The molecule has 3 aromatic rings. The Morgan fingerprint density at radius 1 is 0.867 bits per heavy atom. The first-order valence-corrected chi connectivity index (χ1v) is 10.0.